The highest BCUT2D eigenvalue weighted by Gasteiger charge is 2.04. The van der Waals surface area contributed by atoms with Crippen molar-refractivity contribution in [2.75, 3.05) is 6.54 Å². The molecule has 4 nitrogen and oxygen atoms in total. The number of nitrogens with two attached hydrogens (primary N) is 1. The first-order chi connectivity index (χ1) is 9.56. The summed E-state index contributed by atoms with van der Waals surface area (Å²) in [7, 11) is 0. The molecule has 0 aliphatic heterocycles. The number of aryl methyl sites for hydroxylation is 1. The molecular weight excluding hydrogens is 250 g/mol. The number of hydrogen-bond acceptors (Lipinski definition) is 2. The lowest BCUT2D eigenvalue weighted by Crippen LogP contribution is -2.18. The van der Waals surface area contributed by atoms with Crippen LogP contribution in [0.3, 0.4) is 0 Å². The van der Waals surface area contributed by atoms with Crippen LogP contribution in [0.2, 0.25) is 0 Å². The van der Waals surface area contributed by atoms with Crippen molar-refractivity contribution in [1.82, 2.24) is 9.88 Å². The Hall–Kier alpha value is -1.81. The quantitative estimate of drug-likeness (QED) is 0.813. The molecule has 0 fully saturated rings. The van der Waals surface area contributed by atoms with E-state index in [2.05, 4.69) is 48.0 Å². The average Bonchev–Trinajstić information content (AvgIpc) is 2.78. The summed E-state index contributed by atoms with van der Waals surface area (Å²) in [6.45, 7) is 6.92. The van der Waals surface area contributed by atoms with Crippen LogP contribution >= 0.6 is 0 Å². The summed E-state index contributed by atoms with van der Waals surface area (Å²) in [5.74, 6) is 0.389. The number of amides is 1. The van der Waals surface area contributed by atoms with E-state index >= 15 is 0 Å². The molecule has 1 aromatic carbocycles. The Bertz CT molecular complexity index is 586. The molecule has 2 rings (SSSR count). The van der Waals surface area contributed by atoms with Gasteiger partial charge >= 0.3 is 0 Å². The second-order valence-electron chi connectivity index (χ2n) is 5.64. The maximum atomic E-state index is 10.9. The number of aromatic nitrogens is 1. The van der Waals surface area contributed by atoms with Gasteiger partial charge in [-0.05, 0) is 35.5 Å². The molecule has 108 valence electrons. The van der Waals surface area contributed by atoms with Crippen molar-refractivity contribution in [1.29, 1.82) is 0 Å². The molecule has 0 atom stereocenters. The zero-order valence-electron chi connectivity index (χ0n) is 12.2. The Morgan fingerprint density at radius 2 is 2.15 bits per heavy atom. The van der Waals surface area contributed by atoms with Gasteiger partial charge in [0.05, 0.1) is 0 Å². The molecule has 0 spiro atoms. The molecule has 1 aromatic heterocycles. The van der Waals surface area contributed by atoms with Gasteiger partial charge in [-0.15, -0.1) is 0 Å². The number of nitrogens with one attached hydrogen (secondary N) is 1. The number of hydrogen-bond donors (Lipinski definition) is 2. The Balaban J connectivity index is 2.10. The van der Waals surface area contributed by atoms with Gasteiger partial charge in [-0.25, -0.2) is 0 Å². The van der Waals surface area contributed by atoms with Gasteiger partial charge in [0.15, 0.2) is 0 Å². The molecule has 0 bridgehead atoms. The fourth-order valence-corrected chi connectivity index (χ4v) is 2.27. The highest BCUT2D eigenvalue weighted by Crippen LogP contribution is 2.18. The molecule has 1 amide bonds. The van der Waals surface area contributed by atoms with Gasteiger partial charge in [-0.3, -0.25) is 4.79 Å². The SMILES string of the molecule is CC(C)CNCc1ccc2ccn(CCC(N)=O)c2c1. The van der Waals surface area contributed by atoms with Crippen LogP contribution < -0.4 is 11.1 Å². The minimum atomic E-state index is -0.262. The summed E-state index contributed by atoms with van der Waals surface area (Å²) in [4.78, 5) is 10.9. The molecule has 4 heteroatoms. The molecule has 1 heterocycles. The predicted octanol–water partition coefficient (Wildman–Crippen LogP) is 2.26. The van der Waals surface area contributed by atoms with Gasteiger partial charge in [-0.2, -0.15) is 0 Å². The van der Waals surface area contributed by atoms with Crippen LogP contribution in [-0.4, -0.2) is 17.0 Å². The number of fused-ring (bicyclic) bond motifs is 1. The molecule has 0 aliphatic carbocycles. The largest absolute Gasteiger partial charge is 0.370 e. The van der Waals surface area contributed by atoms with Crippen molar-refractivity contribution >= 4 is 16.8 Å². The molecule has 0 unspecified atom stereocenters. The Kier molecular flexibility index (Phi) is 4.79. The number of rotatable bonds is 7. The first-order valence-electron chi connectivity index (χ1n) is 7.13. The van der Waals surface area contributed by atoms with Gasteiger partial charge < -0.3 is 15.6 Å². The zero-order valence-corrected chi connectivity index (χ0v) is 12.2. The van der Waals surface area contributed by atoms with Crippen LogP contribution in [-0.2, 0) is 17.9 Å². The normalized spacial score (nSPS) is 11.3. The van der Waals surface area contributed by atoms with Crippen LogP contribution in [0.4, 0.5) is 0 Å². The summed E-state index contributed by atoms with van der Waals surface area (Å²) in [5.41, 5.74) is 7.64. The third-order valence-electron chi connectivity index (χ3n) is 3.32. The summed E-state index contributed by atoms with van der Waals surface area (Å²) in [6, 6.07) is 8.53. The molecular formula is C16H23N3O. The molecule has 20 heavy (non-hydrogen) atoms. The van der Waals surface area contributed by atoms with Crippen LogP contribution in [0, 0.1) is 5.92 Å². The first kappa shape index (κ1) is 14.6. The Morgan fingerprint density at radius 3 is 2.85 bits per heavy atom. The molecule has 3 N–H and O–H groups in total. The number of carbonyl (C=O) groups is 1. The summed E-state index contributed by atoms with van der Waals surface area (Å²) in [6.07, 6.45) is 2.39. The molecule has 2 aromatic rings. The van der Waals surface area contributed by atoms with Gasteiger partial charge in [0.1, 0.15) is 0 Å². The van der Waals surface area contributed by atoms with Gasteiger partial charge in [0, 0.05) is 31.2 Å². The minimum Gasteiger partial charge on any atom is -0.370 e. The van der Waals surface area contributed by atoms with Crippen molar-refractivity contribution in [3.63, 3.8) is 0 Å². The highest BCUT2D eigenvalue weighted by molar-refractivity contribution is 5.81. The number of primary amides is 1. The average molecular weight is 273 g/mol. The fraction of sp³-hybridized carbons (Fsp3) is 0.438. The highest BCUT2D eigenvalue weighted by atomic mass is 16.1. The van der Waals surface area contributed by atoms with Crippen molar-refractivity contribution in [3.8, 4) is 0 Å². The summed E-state index contributed by atoms with van der Waals surface area (Å²) >= 11 is 0. The topological polar surface area (TPSA) is 60.1 Å². The van der Waals surface area contributed by atoms with Crippen LogP contribution in [0.25, 0.3) is 10.9 Å². The maximum Gasteiger partial charge on any atom is 0.219 e. The van der Waals surface area contributed by atoms with Crippen molar-refractivity contribution in [2.24, 2.45) is 11.7 Å². The third kappa shape index (κ3) is 3.84. The van der Waals surface area contributed by atoms with Gasteiger partial charge in [0.25, 0.3) is 0 Å². The fourth-order valence-electron chi connectivity index (χ4n) is 2.27. The molecule has 0 saturated carbocycles. The van der Waals surface area contributed by atoms with E-state index in [4.69, 9.17) is 5.73 Å². The zero-order chi connectivity index (χ0) is 14.5. The minimum absolute atomic E-state index is 0.262. The first-order valence-corrected chi connectivity index (χ1v) is 7.13. The Labute approximate surface area is 120 Å². The van der Waals surface area contributed by atoms with Crippen molar-refractivity contribution < 1.29 is 4.79 Å². The van der Waals surface area contributed by atoms with Gasteiger partial charge in [-0.1, -0.05) is 26.0 Å². The predicted molar refractivity (Wildman–Crippen MR) is 82.3 cm³/mol. The molecule has 0 saturated heterocycles. The monoisotopic (exact) mass is 273 g/mol. The van der Waals surface area contributed by atoms with E-state index in [9.17, 15) is 4.79 Å². The molecule has 0 aliphatic rings. The second-order valence-corrected chi connectivity index (χ2v) is 5.64. The van der Waals surface area contributed by atoms with Crippen molar-refractivity contribution in [3.05, 3.63) is 36.0 Å². The van der Waals surface area contributed by atoms with E-state index in [1.54, 1.807) is 0 Å². The maximum absolute atomic E-state index is 10.9. The van der Waals surface area contributed by atoms with Crippen LogP contribution in [0.5, 0.6) is 0 Å². The van der Waals surface area contributed by atoms with E-state index in [0.29, 0.717) is 18.9 Å². The lowest BCUT2D eigenvalue weighted by atomic mass is 10.1. The van der Waals surface area contributed by atoms with E-state index in [-0.39, 0.29) is 5.91 Å². The second kappa shape index (κ2) is 6.57. The van der Waals surface area contributed by atoms with E-state index < -0.39 is 0 Å². The number of nitrogens with zero attached hydrogens (tertiary/aromatic N) is 1. The summed E-state index contributed by atoms with van der Waals surface area (Å²) in [5, 5.41) is 4.64. The molecule has 0 radical (unpaired) electrons. The lowest BCUT2D eigenvalue weighted by Gasteiger charge is -2.09. The summed E-state index contributed by atoms with van der Waals surface area (Å²) < 4.78 is 2.09. The Morgan fingerprint density at radius 1 is 1.35 bits per heavy atom. The van der Waals surface area contributed by atoms with E-state index in [1.807, 2.05) is 6.20 Å². The number of benzene rings is 1. The van der Waals surface area contributed by atoms with E-state index in [0.717, 1.165) is 18.6 Å². The smallest absolute Gasteiger partial charge is 0.219 e. The third-order valence-corrected chi connectivity index (χ3v) is 3.32. The van der Waals surface area contributed by atoms with Gasteiger partial charge in [0.2, 0.25) is 5.91 Å². The standard InChI is InChI=1S/C16H23N3O/c1-12(2)10-18-11-13-3-4-14-5-7-19(15(14)9-13)8-6-16(17)20/h3-5,7,9,12,18H,6,8,10-11H2,1-2H3,(H2,17,20). The van der Waals surface area contributed by atoms with Crippen LogP contribution in [0.15, 0.2) is 30.5 Å². The number of carbonyl (C=O) groups excluding carboxylic acids is 1. The van der Waals surface area contributed by atoms with Crippen LogP contribution in [0.1, 0.15) is 25.8 Å². The van der Waals surface area contributed by atoms with Crippen molar-refractivity contribution in [2.45, 2.75) is 33.4 Å². The van der Waals surface area contributed by atoms with E-state index in [1.165, 1.54) is 10.9 Å². The lowest BCUT2D eigenvalue weighted by molar-refractivity contribution is -0.118.